The van der Waals surface area contributed by atoms with Gasteiger partial charge in [-0.2, -0.15) is 0 Å². The van der Waals surface area contributed by atoms with Gasteiger partial charge in [-0.25, -0.2) is 4.98 Å². The third-order valence-corrected chi connectivity index (χ3v) is 3.11. The number of anilines is 1. The quantitative estimate of drug-likeness (QED) is 0.370. The lowest BCUT2D eigenvalue weighted by Crippen LogP contribution is -2.44. The SMILES string of the molecule is CC1(C=O)O[C@@H](N=[N+]=[N-])CN1c1ccc(Br)cn1. The minimum absolute atomic E-state index is 0.286. The molecule has 1 aliphatic rings. The number of aromatic nitrogens is 1. The third-order valence-electron chi connectivity index (χ3n) is 2.64. The maximum atomic E-state index is 11.2. The molecule has 1 unspecified atom stereocenters. The monoisotopic (exact) mass is 311 g/mol. The maximum absolute atomic E-state index is 11.2. The van der Waals surface area contributed by atoms with Crippen molar-refractivity contribution in [2.45, 2.75) is 18.9 Å². The van der Waals surface area contributed by atoms with Gasteiger partial charge in [0.2, 0.25) is 0 Å². The van der Waals surface area contributed by atoms with Gasteiger partial charge in [0.15, 0.2) is 18.2 Å². The molecule has 1 aromatic heterocycles. The van der Waals surface area contributed by atoms with Crippen molar-refractivity contribution in [1.82, 2.24) is 4.98 Å². The normalized spacial score (nSPS) is 26.8. The molecule has 94 valence electrons. The van der Waals surface area contributed by atoms with E-state index in [-0.39, 0.29) is 6.54 Å². The number of halogens is 1. The zero-order valence-corrected chi connectivity index (χ0v) is 11.1. The lowest BCUT2D eigenvalue weighted by atomic mass is 10.2. The van der Waals surface area contributed by atoms with Gasteiger partial charge in [-0.15, -0.1) is 0 Å². The highest BCUT2D eigenvalue weighted by atomic mass is 79.9. The number of aldehydes is 1. The van der Waals surface area contributed by atoms with Crippen molar-refractivity contribution < 1.29 is 9.53 Å². The van der Waals surface area contributed by atoms with Gasteiger partial charge in [-0.1, -0.05) is 5.11 Å². The van der Waals surface area contributed by atoms with Gasteiger partial charge < -0.3 is 9.64 Å². The zero-order chi connectivity index (χ0) is 13.2. The molecule has 7 nitrogen and oxygen atoms in total. The molecule has 0 radical (unpaired) electrons. The van der Waals surface area contributed by atoms with Crippen molar-refractivity contribution in [3.05, 3.63) is 33.2 Å². The van der Waals surface area contributed by atoms with Crippen LogP contribution in [0.1, 0.15) is 6.92 Å². The van der Waals surface area contributed by atoms with Crippen molar-refractivity contribution in [2.75, 3.05) is 11.4 Å². The summed E-state index contributed by atoms with van der Waals surface area (Å²) < 4.78 is 6.26. The summed E-state index contributed by atoms with van der Waals surface area (Å²) in [4.78, 5) is 19.7. The van der Waals surface area contributed by atoms with E-state index in [4.69, 9.17) is 10.3 Å². The second kappa shape index (κ2) is 4.93. The van der Waals surface area contributed by atoms with E-state index >= 15 is 0 Å². The Morgan fingerprint density at radius 2 is 2.56 bits per heavy atom. The van der Waals surface area contributed by atoms with Gasteiger partial charge in [0.05, 0.1) is 6.54 Å². The molecule has 1 aromatic rings. The highest BCUT2D eigenvalue weighted by Crippen LogP contribution is 2.31. The largest absolute Gasteiger partial charge is 0.338 e. The van der Waals surface area contributed by atoms with Gasteiger partial charge in [0, 0.05) is 15.6 Å². The molecule has 0 aromatic carbocycles. The van der Waals surface area contributed by atoms with Crippen LogP contribution in [0.15, 0.2) is 27.9 Å². The molecule has 2 heterocycles. The van der Waals surface area contributed by atoms with Crippen LogP contribution in [-0.4, -0.2) is 29.8 Å². The van der Waals surface area contributed by atoms with Crippen LogP contribution in [0.4, 0.5) is 5.82 Å². The smallest absolute Gasteiger partial charge is 0.196 e. The standard InChI is InChI=1S/C10H10BrN5O2/c1-10(6-17)16(5-9(18-10)14-15-12)8-3-2-7(11)4-13-8/h2-4,6,9H,5H2,1H3/t9-,10?/m1/s1. The van der Waals surface area contributed by atoms with Gasteiger partial charge in [-0.3, -0.25) is 4.79 Å². The molecule has 2 rings (SSSR count). The molecule has 0 N–H and O–H groups in total. The Bertz CT molecular complexity index is 501. The first-order chi connectivity index (χ1) is 8.59. The average molecular weight is 312 g/mol. The van der Waals surface area contributed by atoms with Crippen LogP contribution in [0, 0.1) is 0 Å². The number of carbonyl (C=O) groups is 1. The number of rotatable bonds is 3. The minimum atomic E-state index is -1.17. The fourth-order valence-electron chi connectivity index (χ4n) is 1.77. The van der Waals surface area contributed by atoms with E-state index in [2.05, 4.69) is 30.9 Å². The summed E-state index contributed by atoms with van der Waals surface area (Å²) in [5.41, 5.74) is 7.25. The minimum Gasteiger partial charge on any atom is -0.338 e. The summed E-state index contributed by atoms with van der Waals surface area (Å²) in [6, 6.07) is 3.57. The van der Waals surface area contributed by atoms with E-state index in [9.17, 15) is 4.79 Å². The number of nitrogens with zero attached hydrogens (tertiary/aromatic N) is 5. The number of ether oxygens (including phenoxy) is 1. The topological polar surface area (TPSA) is 91.2 Å². The van der Waals surface area contributed by atoms with E-state index < -0.39 is 12.0 Å². The highest BCUT2D eigenvalue weighted by molar-refractivity contribution is 9.10. The van der Waals surface area contributed by atoms with Gasteiger partial charge in [0.1, 0.15) is 5.82 Å². The Hall–Kier alpha value is -1.63. The average Bonchev–Trinajstić information content (AvgIpc) is 2.69. The van der Waals surface area contributed by atoms with Crippen molar-refractivity contribution in [2.24, 2.45) is 5.11 Å². The number of hydrogen-bond donors (Lipinski definition) is 0. The van der Waals surface area contributed by atoms with Crippen LogP contribution in [-0.2, 0) is 9.53 Å². The number of carbonyl (C=O) groups excluding carboxylic acids is 1. The van der Waals surface area contributed by atoms with Gasteiger partial charge >= 0.3 is 0 Å². The molecule has 8 heteroatoms. The molecule has 1 aliphatic heterocycles. The molecule has 0 amide bonds. The second-order valence-electron chi connectivity index (χ2n) is 3.90. The molecule has 0 spiro atoms. The van der Waals surface area contributed by atoms with E-state index in [0.717, 1.165) is 4.47 Å². The van der Waals surface area contributed by atoms with Crippen LogP contribution < -0.4 is 4.90 Å². The molecule has 2 atom stereocenters. The summed E-state index contributed by atoms with van der Waals surface area (Å²) >= 11 is 3.29. The number of hydrogen-bond acceptors (Lipinski definition) is 5. The van der Waals surface area contributed by atoms with Crippen molar-refractivity contribution in [3.63, 3.8) is 0 Å². The van der Waals surface area contributed by atoms with Crippen molar-refractivity contribution in [3.8, 4) is 0 Å². The predicted octanol–water partition coefficient (Wildman–Crippen LogP) is 2.23. The molecule has 0 bridgehead atoms. The Balaban J connectivity index is 2.33. The summed E-state index contributed by atoms with van der Waals surface area (Å²) in [5, 5.41) is 3.48. The number of pyridine rings is 1. The lowest BCUT2D eigenvalue weighted by molar-refractivity contribution is -0.127. The zero-order valence-electron chi connectivity index (χ0n) is 9.52. The first-order valence-corrected chi connectivity index (χ1v) is 5.96. The van der Waals surface area contributed by atoms with E-state index in [1.165, 1.54) is 0 Å². The van der Waals surface area contributed by atoms with Crippen molar-refractivity contribution >= 4 is 28.0 Å². The maximum Gasteiger partial charge on any atom is 0.196 e. The Labute approximate surface area is 112 Å². The summed E-state index contributed by atoms with van der Waals surface area (Å²) in [6.07, 6.45) is 1.60. The summed E-state index contributed by atoms with van der Waals surface area (Å²) in [7, 11) is 0. The Kier molecular flexibility index (Phi) is 3.51. The Morgan fingerprint density at radius 3 is 3.11 bits per heavy atom. The highest BCUT2D eigenvalue weighted by Gasteiger charge is 2.43. The van der Waals surface area contributed by atoms with Crippen LogP contribution in [0.5, 0.6) is 0 Å². The molecule has 1 fully saturated rings. The van der Waals surface area contributed by atoms with Crippen LogP contribution in [0.2, 0.25) is 0 Å². The van der Waals surface area contributed by atoms with Crippen LogP contribution in [0.3, 0.4) is 0 Å². The third kappa shape index (κ3) is 2.31. The van der Waals surface area contributed by atoms with Crippen LogP contribution in [0.25, 0.3) is 10.4 Å². The summed E-state index contributed by atoms with van der Waals surface area (Å²) in [6.45, 7) is 1.89. The molecular weight excluding hydrogens is 302 g/mol. The van der Waals surface area contributed by atoms with Gasteiger partial charge in [0.25, 0.3) is 0 Å². The fourth-order valence-corrected chi connectivity index (χ4v) is 2.01. The molecule has 18 heavy (non-hydrogen) atoms. The molecule has 0 saturated carbocycles. The number of azide groups is 1. The Morgan fingerprint density at radius 1 is 1.78 bits per heavy atom. The molecule has 0 aliphatic carbocycles. The molecule has 1 saturated heterocycles. The van der Waals surface area contributed by atoms with Crippen LogP contribution >= 0.6 is 15.9 Å². The van der Waals surface area contributed by atoms with E-state index in [0.29, 0.717) is 12.1 Å². The molecular formula is C10H10BrN5O2. The first kappa shape index (κ1) is 12.8. The first-order valence-electron chi connectivity index (χ1n) is 5.16. The van der Waals surface area contributed by atoms with Crippen molar-refractivity contribution in [1.29, 1.82) is 0 Å². The van der Waals surface area contributed by atoms with Gasteiger partial charge in [-0.05, 0) is 40.5 Å². The fraction of sp³-hybridized carbons (Fsp3) is 0.400. The predicted molar refractivity (Wildman–Crippen MR) is 67.8 cm³/mol. The van der Waals surface area contributed by atoms with E-state index in [1.54, 1.807) is 24.1 Å². The van der Waals surface area contributed by atoms with E-state index in [1.807, 2.05) is 6.07 Å². The summed E-state index contributed by atoms with van der Waals surface area (Å²) in [5.74, 6) is 0.587. The lowest BCUT2D eigenvalue weighted by Gasteiger charge is -2.28. The second-order valence-corrected chi connectivity index (χ2v) is 4.81.